The molecule has 31 heavy (non-hydrogen) atoms. The predicted molar refractivity (Wildman–Crippen MR) is 123 cm³/mol. The summed E-state index contributed by atoms with van der Waals surface area (Å²) in [6.07, 6.45) is 7.17. The van der Waals surface area contributed by atoms with Crippen LogP contribution in [0.1, 0.15) is 66.9 Å². The number of halogens is 1. The molecule has 0 aliphatic carbocycles. The first kappa shape index (κ1) is 23.1. The lowest BCUT2D eigenvalue weighted by Crippen LogP contribution is -2.17. The highest BCUT2D eigenvalue weighted by molar-refractivity contribution is 9.10. The van der Waals surface area contributed by atoms with E-state index in [1.54, 1.807) is 19.1 Å². The molecule has 0 spiro atoms. The van der Waals surface area contributed by atoms with Gasteiger partial charge in [0.1, 0.15) is 29.5 Å². The molecule has 0 saturated heterocycles. The lowest BCUT2D eigenvalue weighted by atomic mass is 10.0. The normalized spacial score (nSPS) is 19.1. The third-order valence-corrected chi connectivity index (χ3v) is 5.67. The van der Waals surface area contributed by atoms with E-state index < -0.39 is 5.97 Å². The molecule has 164 valence electrons. The number of cyclic esters (lactones) is 1. The highest BCUT2D eigenvalue weighted by Crippen LogP contribution is 2.31. The summed E-state index contributed by atoms with van der Waals surface area (Å²) in [6, 6.07) is 10.9. The van der Waals surface area contributed by atoms with Gasteiger partial charge in [0.15, 0.2) is 0 Å². The lowest BCUT2D eigenvalue weighted by Gasteiger charge is -2.16. The van der Waals surface area contributed by atoms with Gasteiger partial charge in [0, 0.05) is 23.4 Å². The number of hydrogen-bond acceptors (Lipinski definition) is 5. The number of Topliss-reactive ketones (excluding diaryl/α,β-unsaturated/α-hetero) is 1. The molecule has 0 bridgehead atoms. The summed E-state index contributed by atoms with van der Waals surface area (Å²) in [4.78, 5) is 24.7. The summed E-state index contributed by atoms with van der Waals surface area (Å²) < 4.78 is 12.4. The molecule has 1 N–H and O–H groups in total. The van der Waals surface area contributed by atoms with Crippen LogP contribution in [0.3, 0.4) is 0 Å². The van der Waals surface area contributed by atoms with Crippen LogP contribution >= 0.6 is 15.9 Å². The summed E-state index contributed by atoms with van der Waals surface area (Å²) in [7, 11) is 0. The highest BCUT2D eigenvalue weighted by Gasteiger charge is 2.21. The molecule has 0 amide bonds. The zero-order valence-corrected chi connectivity index (χ0v) is 19.2. The maximum atomic E-state index is 12.8. The van der Waals surface area contributed by atoms with Gasteiger partial charge in [-0.25, -0.2) is 4.79 Å². The van der Waals surface area contributed by atoms with Crippen LogP contribution in [0.15, 0.2) is 46.9 Å². The number of benzene rings is 2. The zero-order valence-electron chi connectivity index (χ0n) is 17.6. The minimum atomic E-state index is -0.576. The predicted octanol–water partition coefficient (Wildman–Crippen LogP) is 6.22. The Labute approximate surface area is 191 Å². The Morgan fingerprint density at radius 3 is 2.65 bits per heavy atom. The molecule has 1 atom stereocenters. The van der Waals surface area contributed by atoms with Gasteiger partial charge in [-0.3, -0.25) is 4.79 Å². The number of phenolic OH excluding ortho intramolecular Hbond substituents is 1. The molecular weight excluding hydrogens is 460 g/mol. The molecule has 2 aromatic rings. The number of esters is 1. The van der Waals surface area contributed by atoms with Crippen LogP contribution in [0.25, 0.3) is 6.08 Å². The maximum absolute atomic E-state index is 12.8. The molecule has 0 unspecified atom stereocenters. The molecule has 0 radical (unpaired) electrons. The Hall–Kier alpha value is -2.60. The fourth-order valence-corrected chi connectivity index (χ4v) is 3.71. The molecule has 1 heterocycles. The van der Waals surface area contributed by atoms with Crippen molar-refractivity contribution in [3.8, 4) is 11.5 Å². The second-order valence-electron chi connectivity index (χ2n) is 7.76. The van der Waals surface area contributed by atoms with Crippen molar-refractivity contribution in [3.05, 3.63) is 63.6 Å². The summed E-state index contributed by atoms with van der Waals surface area (Å²) >= 11 is 3.41. The van der Waals surface area contributed by atoms with Crippen LogP contribution in [0.2, 0.25) is 0 Å². The number of aromatic hydroxyl groups is 1. The van der Waals surface area contributed by atoms with Crippen molar-refractivity contribution in [2.75, 3.05) is 0 Å². The van der Waals surface area contributed by atoms with Crippen LogP contribution in [0, 0.1) is 0 Å². The number of ether oxygens (including phenoxy) is 2. The van der Waals surface area contributed by atoms with Gasteiger partial charge >= 0.3 is 5.97 Å². The fourth-order valence-electron chi connectivity index (χ4n) is 3.45. The van der Waals surface area contributed by atoms with Gasteiger partial charge in [-0.2, -0.15) is 0 Å². The quantitative estimate of drug-likeness (QED) is 0.521. The topological polar surface area (TPSA) is 72.8 Å². The number of rotatable bonds is 3. The Morgan fingerprint density at radius 2 is 1.87 bits per heavy atom. The van der Waals surface area contributed by atoms with Crippen molar-refractivity contribution in [2.24, 2.45) is 0 Å². The summed E-state index contributed by atoms with van der Waals surface area (Å²) in [5.41, 5.74) is 1.65. The van der Waals surface area contributed by atoms with Gasteiger partial charge in [0.05, 0.1) is 6.10 Å². The number of phenols is 1. The average Bonchev–Trinajstić information content (AvgIpc) is 2.72. The smallest absolute Gasteiger partial charge is 0.342 e. The van der Waals surface area contributed by atoms with Crippen molar-refractivity contribution < 1.29 is 24.2 Å². The number of carbonyl (C=O) groups is 2. The van der Waals surface area contributed by atoms with Gasteiger partial charge in [0.2, 0.25) is 0 Å². The van der Waals surface area contributed by atoms with Crippen LogP contribution in [-0.2, 0) is 16.1 Å². The van der Waals surface area contributed by atoms with Crippen molar-refractivity contribution >= 4 is 33.8 Å². The van der Waals surface area contributed by atoms with Gasteiger partial charge < -0.3 is 14.6 Å². The molecule has 0 aromatic heterocycles. The van der Waals surface area contributed by atoms with E-state index in [1.165, 1.54) is 6.07 Å². The number of ketones is 1. The second-order valence-corrected chi connectivity index (χ2v) is 8.68. The number of hydrogen-bond donors (Lipinski definition) is 1. The molecule has 0 saturated carbocycles. The highest BCUT2D eigenvalue weighted by atomic mass is 79.9. The van der Waals surface area contributed by atoms with Crippen LogP contribution in [-0.4, -0.2) is 23.0 Å². The molecule has 5 nitrogen and oxygen atoms in total. The Morgan fingerprint density at radius 1 is 1.13 bits per heavy atom. The number of allylic oxidation sites excluding steroid dienone is 1. The summed E-state index contributed by atoms with van der Waals surface area (Å²) in [5, 5.41) is 10.6. The van der Waals surface area contributed by atoms with E-state index in [0.717, 1.165) is 16.5 Å². The first-order valence-electron chi connectivity index (χ1n) is 10.6. The standard InChI is InChI=1S/C25H27BrO5/c1-17-6-5-9-21(27)8-4-2-3-7-19-14-22(15-23(28)24(19)25(29)31-17)30-16-18-10-12-20(26)13-11-18/h3,7,10-15,17,28H,2,4-6,8-9,16H2,1H3/b7-3+/t17-/m0/s1. The Bertz CT molecular complexity index is 949. The third kappa shape index (κ3) is 6.96. The van der Waals surface area contributed by atoms with Crippen LogP contribution in [0.5, 0.6) is 11.5 Å². The number of carbonyl (C=O) groups excluding carboxylic acids is 2. The van der Waals surface area contributed by atoms with Gasteiger partial charge in [-0.05, 0) is 61.9 Å². The van der Waals surface area contributed by atoms with E-state index in [9.17, 15) is 14.7 Å². The first-order valence-corrected chi connectivity index (χ1v) is 11.3. The van der Waals surface area contributed by atoms with Crippen molar-refractivity contribution in [1.29, 1.82) is 0 Å². The summed E-state index contributed by atoms with van der Waals surface area (Å²) in [6.45, 7) is 2.13. The Balaban J connectivity index is 1.84. The largest absolute Gasteiger partial charge is 0.507 e. The van der Waals surface area contributed by atoms with Crippen LogP contribution in [0.4, 0.5) is 0 Å². The molecule has 6 heteroatoms. The SMILES string of the molecule is C[C@H]1CCCC(=O)CCC/C=C/c2cc(OCc3ccc(Br)cc3)cc(O)c2C(=O)O1. The van der Waals surface area contributed by atoms with E-state index in [4.69, 9.17) is 9.47 Å². The van der Waals surface area contributed by atoms with Gasteiger partial charge in [-0.1, -0.05) is 40.2 Å². The summed E-state index contributed by atoms with van der Waals surface area (Å²) in [5.74, 6) is -0.0495. The minimum absolute atomic E-state index is 0.132. The van der Waals surface area contributed by atoms with Crippen molar-refractivity contribution in [3.63, 3.8) is 0 Å². The molecule has 1 aliphatic rings. The second kappa shape index (κ2) is 11.1. The molecule has 0 fully saturated rings. The first-order chi connectivity index (χ1) is 14.9. The van der Waals surface area contributed by atoms with E-state index >= 15 is 0 Å². The van der Waals surface area contributed by atoms with E-state index in [-0.39, 0.29) is 23.2 Å². The molecule has 2 aromatic carbocycles. The lowest BCUT2D eigenvalue weighted by molar-refractivity contribution is -0.119. The van der Waals surface area contributed by atoms with Gasteiger partial charge in [-0.15, -0.1) is 0 Å². The molecule has 1 aliphatic heterocycles. The van der Waals surface area contributed by atoms with Crippen LogP contribution < -0.4 is 4.74 Å². The van der Waals surface area contributed by atoms with E-state index in [1.807, 2.05) is 30.3 Å². The Kier molecular flexibility index (Phi) is 8.29. The molecule has 3 rings (SSSR count). The minimum Gasteiger partial charge on any atom is -0.507 e. The van der Waals surface area contributed by atoms with Crippen molar-refractivity contribution in [2.45, 2.75) is 58.2 Å². The average molecular weight is 487 g/mol. The monoisotopic (exact) mass is 486 g/mol. The van der Waals surface area contributed by atoms with E-state index in [2.05, 4.69) is 15.9 Å². The zero-order chi connectivity index (χ0) is 22.2. The van der Waals surface area contributed by atoms with E-state index in [0.29, 0.717) is 50.0 Å². The number of fused-ring (bicyclic) bond motifs is 1. The third-order valence-electron chi connectivity index (χ3n) is 5.14. The van der Waals surface area contributed by atoms with Crippen molar-refractivity contribution in [1.82, 2.24) is 0 Å². The molecular formula is C25H27BrO5. The fraction of sp³-hybridized carbons (Fsp3) is 0.360. The van der Waals surface area contributed by atoms with Gasteiger partial charge in [0.25, 0.3) is 0 Å². The maximum Gasteiger partial charge on any atom is 0.342 e.